The molecule has 0 radical (unpaired) electrons. The van der Waals surface area contributed by atoms with E-state index < -0.39 is 12.3 Å². The van der Waals surface area contributed by atoms with Gasteiger partial charge in [-0.25, -0.2) is 4.79 Å². The van der Waals surface area contributed by atoms with Crippen LogP contribution in [0.5, 0.6) is 0 Å². The van der Waals surface area contributed by atoms with Gasteiger partial charge in [-0.1, -0.05) is 0 Å². The second-order valence-corrected chi connectivity index (χ2v) is 1.48. The molecule has 0 amide bonds. The Morgan fingerprint density at radius 2 is 2.56 bits per heavy atom. The third kappa shape index (κ3) is 0.902. The van der Waals surface area contributed by atoms with Crippen LogP contribution in [0.4, 0.5) is 0 Å². The Bertz CT molecular complexity index is 213. The number of carbonyl (C=O) groups is 1. The maximum atomic E-state index is 10.4. The van der Waals surface area contributed by atoms with Crippen molar-refractivity contribution in [3.05, 3.63) is 16.6 Å². The van der Waals surface area contributed by atoms with Crippen LogP contribution in [0.2, 0.25) is 0 Å². The van der Waals surface area contributed by atoms with Gasteiger partial charge >= 0.3 is 11.7 Å². The van der Waals surface area contributed by atoms with Crippen molar-refractivity contribution < 1.29 is 14.6 Å². The maximum absolute atomic E-state index is 10.4. The number of carbonyl (C=O) groups excluding carboxylic acids is 1. The molecule has 0 aromatic heterocycles. The Hall–Kier alpha value is -1.34. The zero-order valence-corrected chi connectivity index (χ0v) is 4.44. The minimum Gasteiger partial charge on any atom is -0.423 e. The van der Waals surface area contributed by atoms with E-state index >= 15 is 0 Å². The van der Waals surface area contributed by atoms with Gasteiger partial charge in [-0.2, -0.15) is 0 Å². The number of aliphatic hydroxyl groups is 1. The Morgan fingerprint density at radius 3 is 2.78 bits per heavy atom. The topological polar surface area (TPSA) is 50.9 Å². The van der Waals surface area contributed by atoms with Gasteiger partial charge in [0.15, 0.2) is 0 Å². The van der Waals surface area contributed by atoms with Crippen molar-refractivity contribution in [3.8, 4) is 6.57 Å². The normalized spacial score (nSPS) is 24.7. The number of ether oxygens (including phenoxy) is 1. The first-order chi connectivity index (χ1) is 4.24. The molecule has 4 nitrogen and oxygen atoms in total. The van der Waals surface area contributed by atoms with E-state index in [0.29, 0.717) is 0 Å². The highest BCUT2D eigenvalue weighted by Gasteiger charge is 2.31. The predicted octanol–water partition coefficient (Wildman–Crippen LogP) is -0.292. The molecule has 9 heavy (non-hydrogen) atoms. The monoisotopic (exact) mass is 126 g/mol. The van der Waals surface area contributed by atoms with Gasteiger partial charge in [-0.15, -0.1) is 0 Å². The summed E-state index contributed by atoms with van der Waals surface area (Å²) in [6, 6.07) is 0. The molecule has 1 rings (SSSR count). The molecule has 0 aromatic rings. The van der Waals surface area contributed by atoms with Crippen LogP contribution >= 0.6 is 0 Å². The van der Waals surface area contributed by atoms with Crippen molar-refractivity contribution >= 4 is 5.97 Å². The molecule has 0 saturated heterocycles. The van der Waals surface area contributed by atoms with Crippen molar-refractivity contribution in [1.82, 2.24) is 0 Å². The Labute approximate surface area is 51.2 Å². The lowest BCUT2D eigenvalue weighted by molar-refractivity contribution is -0.150. The van der Waals surface area contributed by atoms with E-state index in [0.717, 1.165) is 6.08 Å². The molecule has 1 heterocycles. The van der Waals surface area contributed by atoms with E-state index in [4.69, 9.17) is 11.7 Å². The highest BCUT2D eigenvalue weighted by atomic mass is 16.6. The lowest BCUT2D eigenvalue weighted by Crippen LogP contribution is -2.05. The van der Waals surface area contributed by atoms with E-state index in [9.17, 15) is 4.79 Å². The van der Waals surface area contributed by atoms with Crippen molar-refractivity contribution in [2.45, 2.75) is 6.29 Å². The zero-order valence-electron chi connectivity index (χ0n) is 4.44. The second-order valence-electron chi connectivity index (χ2n) is 1.48. The summed E-state index contributed by atoms with van der Waals surface area (Å²) in [7, 11) is 0. The van der Waals surface area contributed by atoms with Crippen LogP contribution in [0.1, 0.15) is 0 Å². The molecule has 1 unspecified atom stereocenters. The number of esters is 1. The average molecular weight is 126 g/mol. The highest BCUT2D eigenvalue weighted by Crippen LogP contribution is 2.11. The first-order valence-corrected chi connectivity index (χ1v) is 2.26. The van der Waals surface area contributed by atoms with Crippen molar-refractivity contribution in [1.29, 1.82) is 0 Å². The van der Waals surface area contributed by atoms with Crippen molar-refractivity contribution in [2.24, 2.45) is 0 Å². The zero-order chi connectivity index (χ0) is 6.85. The van der Waals surface area contributed by atoms with E-state index in [1.54, 1.807) is 0 Å². The summed E-state index contributed by atoms with van der Waals surface area (Å²) in [6.07, 6.45) is -0.0534. The van der Waals surface area contributed by atoms with Crippen LogP contribution in [-0.2, 0) is 9.53 Å². The predicted molar refractivity (Wildman–Crippen MR) is 28.5 cm³/mol. The minimum atomic E-state index is -1.18. The average Bonchev–Trinajstić information content (AvgIpc) is 2.10. The fourth-order valence-electron chi connectivity index (χ4n) is 0.503. The van der Waals surface area contributed by atoms with Gasteiger partial charge in [-0.3, -0.25) is 0 Å². The number of cyclic esters (lactones) is 1. The number of hydrogen-bond donors (Lipinski definition) is 1. The molecule has 4 heteroatoms. The fourth-order valence-corrected chi connectivity index (χ4v) is 0.503. The lowest BCUT2D eigenvalue weighted by Gasteiger charge is -1.92. The standard InChI is InChI=1S/C5H4NO3/c1-6-3-2-4(7)9-5(3)8/h1-2,4,7H/q+1. The summed E-state index contributed by atoms with van der Waals surface area (Å²) in [5.74, 6) is -0.690. The summed E-state index contributed by atoms with van der Waals surface area (Å²) < 4.78 is 4.21. The fraction of sp³-hybridized carbons (Fsp3) is 0.200. The summed E-state index contributed by atoms with van der Waals surface area (Å²) in [5.41, 5.74) is -0.0394. The SMILES string of the molecule is C#[N+]C1=CC(O)OC1=O. The molecule has 0 fully saturated rings. The molecule has 1 aliphatic heterocycles. The number of rotatable bonds is 0. The molecular weight excluding hydrogens is 122 g/mol. The largest absolute Gasteiger partial charge is 0.426 e. The first-order valence-electron chi connectivity index (χ1n) is 2.26. The molecular formula is C5H4NO3+. The Balaban J connectivity index is 2.84. The van der Waals surface area contributed by atoms with E-state index in [1.165, 1.54) is 0 Å². The van der Waals surface area contributed by atoms with Crippen LogP contribution in [0, 0.1) is 6.57 Å². The third-order valence-corrected chi connectivity index (χ3v) is 0.876. The Morgan fingerprint density at radius 1 is 1.89 bits per heavy atom. The molecule has 0 bridgehead atoms. The summed E-state index contributed by atoms with van der Waals surface area (Å²) in [5, 5.41) is 8.57. The van der Waals surface area contributed by atoms with Crippen molar-refractivity contribution in [2.75, 3.05) is 0 Å². The molecule has 46 valence electrons. The second kappa shape index (κ2) is 1.88. The van der Waals surface area contributed by atoms with Crippen LogP contribution in [0.25, 0.3) is 4.85 Å². The van der Waals surface area contributed by atoms with Crippen LogP contribution in [0.3, 0.4) is 0 Å². The van der Waals surface area contributed by atoms with Gasteiger partial charge in [0.1, 0.15) is 0 Å². The summed E-state index contributed by atoms with van der Waals surface area (Å²) >= 11 is 0. The van der Waals surface area contributed by atoms with Gasteiger partial charge in [-0.05, 0) is 4.85 Å². The number of nitrogens with zero attached hydrogens (tertiary/aromatic N) is 1. The Kier molecular flexibility index (Phi) is 1.21. The van der Waals surface area contributed by atoms with Gasteiger partial charge in [0.25, 0.3) is 6.57 Å². The van der Waals surface area contributed by atoms with Gasteiger partial charge in [0, 0.05) is 0 Å². The van der Waals surface area contributed by atoms with Crippen molar-refractivity contribution in [3.63, 3.8) is 0 Å². The van der Waals surface area contributed by atoms with E-state index in [2.05, 4.69) is 9.58 Å². The molecule has 1 N–H and O–H groups in total. The molecule has 0 aliphatic carbocycles. The van der Waals surface area contributed by atoms with Gasteiger partial charge < -0.3 is 9.84 Å². The lowest BCUT2D eigenvalue weighted by atomic mass is 10.4. The minimum absolute atomic E-state index is 0.0394. The molecule has 0 saturated carbocycles. The molecule has 1 atom stereocenters. The molecule has 0 spiro atoms. The molecule has 0 aromatic carbocycles. The number of hydrogen-bond acceptors (Lipinski definition) is 3. The number of aliphatic hydroxyl groups excluding tert-OH is 1. The van der Waals surface area contributed by atoms with Gasteiger partial charge in [0.05, 0.1) is 6.08 Å². The maximum Gasteiger partial charge on any atom is 0.426 e. The van der Waals surface area contributed by atoms with E-state index in [1.807, 2.05) is 0 Å². The highest BCUT2D eigenvalue weighted by molar-refractivity contribution is 5.92. The molecule has 1 aliphatic rings. The van der Waals surface area contributed by atoms with E-state index in [-0.39, 0.29) is 5.70 Å². The quantitative estimate of drug-likeness (QED) is 0.453. The van der Waals surface area contributed by atoms with Crippen LogP contribution < -0.4 is 0 Å². The van der Waals surface area contributed by atoms with Gasteiger partial charge in [0.2, 0.25) is 6.29 Å². The summed E-state index contributed by atoms with van der Waals surface area (Å²) in [4.78, 5) is 13.4. The van der Waals surface area contributed by atoms with Crippen LogP contribution in [0.15, 0.2) is 11.8 Å². The summed E-state index contributed by atoms with van der Waals surface area (Å²) in [6.45, 7) is 4.73. The smallest absolute Gasteiger partial charge is 0.423 e. The first kappa shape index (κ1) is 5.79. The third-order valence-electron chi connectivity index (χ3n) is 0.876. The van der Waals surface area contributed by atoms with Crippen LogP contribution in [-0.4, -0.2) is 17.4 Å².